The minimum Gasteiger partial charge on any atom is -0.357 e. The van der Waals surface area contributed by atoms with E-state index in [0.717, 1.165) is 31.6 Å². The zero-order chi connectivity index (χ0) is 12.4. The number of hydrogen-bond acceptors (Lipinski definition) is 3. The predicted octanol–water partition coefficient (Wildman–Crippen LogP) is 1.50. The van der Waals surface area contributed by atoms with E-state index in [2.05, 4.69) is 20.2 Å². The number of H-pyrrole nitrogens is 2. The van der Waals surface area contributed by atoms with Gasteiger partial charge < -0.3 is 9.88 Å². The molecule has 18 heavy (non-hydrogen) atoms. The monoisotopic (exact) mass is 245 g/mol. The number of likely N-dealkylation sites (tertiary alicyclic amines) is 1. The first-order valence-corrected chi connectivity index (χ1v) is 6.16. The van der Waals surface area contributed by atoms with Crippen LogP contribution in [0.1, 0.15) is 41.6 Å². The van der Waals surface area contributed by atoms with Crippen LogP contribution in [0.2, 0.25) is 0 Å². The number of nitrogens with zero attached hydrogens (tertiary/aromatic N) is 3. The van der Waals surface area contributed by atoms with E-state index in [4.69, 9.17) is 0 Å². The van der Waals surface area contributed by atoms with Crippen LogP contribution in [-0.2, 0) is 0 Å². The van der Waals surface area contributed by atoms with Crippen LogP contribution in [0.4, 0.5) is 0 Å². The van der Waals surface area contributed by atoms with Crippen molar-refractivity contribution in [3.8, 4) is 0 Å². The van der Waals surface area contributed by atoms with Gasteiger partial charge in [0.2, 0.25) is 0 Å². The Balaban J connectivity index is 1.86. The predicted molar refractivity (Wildman–Crippen MR) is 64.8 cm³/mol. The maximum Gasteiger partial charge on any atom is 0.270 e. The molecule has 3 rings (SSSR count). The fourth-order valence-corrected chi connectivity index (χ4v) is 2.45. The fourth-order valence-electron chi connectivity index (χ4n) is 2.45. The van der Waals surface area contributed by atoms with Crippen molar-refractivity contribution < 1.29 is 4.79 Å². The van der Waals surface area contributed by atoms with E-state index in [1.54, 1.807) is 12.3 Å². The summed E-state index contributed by atoms with van der Waals surface area (Å²) in [4.78, 5) is 21.4. The van der Waals surface area contributed by atoms with Crippen LogP contribution in [0.5, 0.6) is 0 Å². The molecule has 0 unspecified atom stereocenters. The van der Waals surface area contributed by atoms with E-state index in [1.807, 2.05) is 11.0 Å². The molecule has 1 aliphatic heterocycles. The zero-order valence-electron chi connectivity index (χ0n) is 9.97. The third-order valence-corrected chi connectivity index (χ3v) is 3.34. The number of carbonyl (C=O) groups is 1. The van der Waals surface area contributed by atoms with Crippen LogP contribution in [-0.4, -0.2) is 37.5 Å². The summed E-state index contributed by atoms with van der Waals surface area (Å²) in [5.74, 6) is 0.802. The number of piperidine rings is 1. The van der Waals surface area contributed by atoms with Gasteiger partial charge in [-0.15, -0.1) is 0 Å². The van der Waals surface area contributed by atoms with Gasteiger partial charge in [-0.2, -0.15) is 5.10 Å². The summed E-state index contributed by atoms with van der Waals surface area (Å²) in [7, 11) is 0. The van der Waals surface area contributed by atoms with E-state index >= 15 is 0 Å². The second-order valence-corrected chi connectivity index (χ2v) is 4.46. The van der Waals surface area contributed by atoms with Crippen molar-refractivity contribution in [1.29, 1.82) is 0 Å². The average Bonchev–Trinajstić information content (AvgIpc) is 3.11. The maximum absolute atomic E-state index is 12.4. The van der Waals surface area contributed by atoms with Crippen molar-refractivity contribution in [3.63, 3.8) is 0 Å². The summed E-state index contributed by atoms with van der Waals surface area (Å²) in [6.45, 7) is 0.767. The Labute approximate surface area is 104 Å². The molecule has 1 atom stereocenters. The van der Waals surface area contributed by atoms with Gasteiger partial charge in [0.1, 0.15) is 17.8 Å². The highest BCUT2D eigenvalue weighted by Crippen LogP contribution is 2.29. The number of hydrogen-bond donors (Lipinski definition) is 2. The van der Waals surface area contributed by atoms with Gasteiger partial charge >= 0.3 is 0 Å². The van der Waals surface area contributed by atoms with Crippen LogP contribution in [0.3, 0.4) is 0 Å². The Bertz CT molecular complexity index is 505. The van der Waals surface area contributed by atoms with Crippen LogP contribution in [0.15, 0.2) is 24.7 Å². The van der Waals surface area contributed by atoms with Gasteiger partial charge in [-0.1, -0.05) is 0 Å². The molecule has 3 heterocycles. The number of aromatic amines is 2. The van der Waals surface area contributed by atoms with E-state index < -0.39 is 0 Å². The molecule has 0 bridgehead atoms. The smallest absolute Gasteiger partial charge is 0.270 e. The first kappa shape index (κ1) is 11.0. The van der Waals surface area contributed by atoms with Crippen molar-refractivity contribution in [2.24, 2.45) is 0 Å². The molecule has 0 radical (unpaired) electrons. The molecule has 2 N–H and O–H groups in total. The van der Waals surface area contributed by atoms with Crippen LogP contribution in [0, 0.1) is 0 Å². The summed E-state index contributed by atoms with van der Waals surface area (Å²) < 4.78 is 0. The lowest BCUT2D eigenvalue weighted by Crippen LogP contribution is -2.39. The highest BCUT2D eigenvalue weighted by atomic mass is 16.2. The molecule has 1 aliphatic rings. The normalized spacial score (nSPS) is 20.0. The second-order valence-electron chi connectivity index (χ2n) is 4.46. The molecule has 6 nitrogen and oxygen atoms in total. The van der Waals surface area contributed by atoms with Crippen molar-refractivity contribution in [2.45, 2.75) is 25.3 Å². The zero-order valence-corrected chi connectivity index (χ0v) is 9.97. The number of rotatable bonds is 2. The van der Waals surface area contributed by atoms with Crippen LogP contribution >= 0.6 is 0 Å². The van der Waals surface area contributed by atoms with Gasteiger partial charge in [-0.05, 0) is 31.4 Å². The first-order valence-electron chi connectivity index (χ1n) is 6.16. The summed E-state index contributed by atoms with van der Waals surface area (Å²) >= 11 is 0. The molecule has 6 heteroatoms. The van der Waals surface area contributed by atoms with Crippen LogP contribution < -0.4 is 0 Å². The quantitative estimate of drug-likeness (QED) is 0.841. The largest absolute Gasteiger partial charge is 0.357 e. The van der Waals surface area contributed by atoms with Gasteiger partial charge in [0, 0.05) is 12.7 Å². The highest BCUT2D eigenvalue weighted by molar-refractivity contribution is 5.92. The molecule has 0 aromatic carbocycles. The number of carbonyl (C=O) groups excluding carboxylic acids is 1. The molecule has 0 spiro atoms. The lowest BCUT2D eigenvalue weighted by molar-refractivity contribution is 0.0595. The molecule has 2 aromatic heterocycles. The lowest BCUT2D eigenvalue weighted by Gasteiger charge is -2.34. The SMILES string of the molecule is O=C(c1ccc[nH]1)N1CCCC[C@H]1c1ncn[nH]1. The molecule has 0 aliphatic carbocycles. The topological polar surface area (TPSA) is 77.7 Å². The Kier molecular flexibility index (Phi) is 2.84. The van der Waals surface area contributed by atoms with Crippen molar-refractivity contribution in [3.05, 3.63) is 36.2 Å². The van der Waals surface area contributed by atoms with E-state index in [-0.39, 0.29) is 11.9 Å². The van der Waals surface area contributed by atoms with Crippen molar-refractivity contribution in [1.82, 2.24) is 25.1 Å². The Morgan fingerprint density at radius 2 is 2.39 bits per heavy atom. The van der Waals surface area contributed by atoms with E-state index in [1.165, 1.54) is 6.33 Å². The fraction of sp³-hybridized carbons (Fsp3) is 0.417. The van der Waals surface area contributed by atoms with Gasteiger partial charge in [0.25, 0.3) is 5.91 Å². The number of aromatic nitrogens is 4. The average molecular weight is 245 g/mol. The minimum absolute atomic E-state index is 0.0112. The molecule has 94 valence electrons. The highest BCUT2D eigenvalue weighted by Gasteiger charge is 2.30. The number of amides is 1. The summed E-state index contributed by atoms with van der Waals surface area (Å²) in [5.41, 5.74) is 0.626. The first-order chi connectivity index (χ1) is 8.86. The standard InChI is InChI=1S/C12H15N5O/c18-12(9-4-3-6-13-9)17-7-2-1-5-10(17)11-14-8-15-16-11/h3-4,6,8,10,13H,1-2,5,7H2,(H,14,15,16)/t10-/m0/s1. The molecular formula is C12H15N5O. The minimum atomic E-state index is 0.0112. The molecule has 1 saturated heterocycles. The Morgan fingerprint density at radius 3 is 3.11 bits per heavy atom. The van der Waals surface area contributed by atoms with Gasteiger partial charge in [0.05, 0.1) is 6.04 Å². The van der Waals surface area contributed by atoms with Gasteiger partial charge in [-0.3, -0.25) is 9.89 Å². The van der Waals surface area contributed by atoms with Crippen molar-refractivity contribution in [2.75, 3.05) is 6.54 Å². The van der Waals surface area contributed by atoms with Crippen LogP contribution in [0.25, 0.3) is 0 Å². The lowest BCUT2D eigenvalue weighted by atomic mass is 10.0. The van der Waals surface area contributed by atoms with E-state index in [9.17, 15) is 4.79 Å². The third kappa shape index (κ3) is 1.90. The molecule has 1 amide bonds. The Morgan fingerprint density at radius 1 is 1.44 bits per heavy atom. The number of nitrogens with one attached hydrogen (secondary N) is 2. The molecule has 1 fully saturated rings. The van der Waals surface area contributed by atoms with Crippen molar-refractivity contribution >= 4 is 5.91 Å². The molecular weight excluding hydrogens is 230 g/mol. The summed E-state index contributed by atoms with van der Waals surface area (Å²) in [5, 5.41) is 6.74. The third-order valence-electron chi connectivity index (χ3n) is 3.34. The summed E-state index contributed by atoms with van der Waals surface area (Å²) in [6, 6.07) is 3.65. The van der Waals surface area contributed by atoms with Gasteiger partial charge in [0.15, 0.2) is 0 Å². The van der Waals surface area contributed by atoms with E-state index in [0.29, 0.717) is 5.69 Å². The Hall–Kier alpha value is -2.11. The van der Waals surface area contributed by atoms with Gasteiger partial charge in [-0.25, -0.2) is 4.98 Å². The summed E-state index contributed by atoms with van der Waals surface area (Å²) in [6.07, 6.45) is 6.33. The molecule has 2 aromatic rings. The second kappa shape index (κ2) is 4.64. The molecule has 0 saturated carbocycles. The maximum atomic E-state index is 12.4.